The van der Waals surface area contributed by atoms with Crippen molar-refractivity contribution in [1.82, 2.24) is 14.9 Å². The fourth-order valence-corrected chi connectivity index (χ4v) is 3.91. The number of alkyl halides is 3. The minimum absolute atomic E-state index is 0.0103. The van der Waals surface area contributed by atoms with Gasteiger partial charge in [0, 0.05) is 19.3 Å². The zero-order chi connectivity index (χ0) is 22.3. The van der Waals surface area contributed by atoms with Crippen molar-refractivity contribution >= 4 is 45.9 Å². The Morgan fingerprint density at radius 1 is 1.13 bits per heavy atom. The molecule has 0 radical (unpaired) electrons. The predicted molar refractivity (Wildman–Crippen MR) is 108 cm³/mol. The second-order valence-electron chi connectivity index (χ2n) is 6.86. The maximum absolute atomic E-state index is 13.1. The average molecular weight is 472 g/mol. The van der Waals surface area contributed by atoms with Crippen molar-refractivity contribution in [3.63, 3.8) is 0 Å². The number of hydrogen-bond acceptors (Lipinski definition) is 4. The molecule has 1 N–H and O–H groups in total. The molecule has 0 spiro atoms. The molecule has 0 saturated carbocycles. The standard InChI is InChI=1S/C20H14Cl2F3N3O3/c21-12-2-1-11(19(30)28-3-5-31-6-4-28)17(22)16(12)18(29)15-8-13-14(27-15)7-10(9-26-13)20(23,24)25/h1-2,7-9,27H,3-6H2. The molecule has 0 aliphatic carbocycles. The molecule has 1 saturated heterocycles. The van der Waals surface area contributed by atoms with Crippen LogP contribution in [0.4, 0.5) is 13.2 Å². The topological polar surface area (TPSA) is 75.3 Å². The summed E-state index contributed by atoms with van der Waals surface area (Å²) in [6, 6.07) is 4.99. The van der Waals surface area contributed by atoms with E-state index >= 15 is 0 Å². The quantitative estimate of drug-likeness (QED) is 0.566. The van der Waals surface area contributed by atoms with Crippen LogP contribution in [0.2, 0.25) is 10.0 Å². The molecule has 0 bridgehead atoms. The number of rotatable bonds is 3. The van der Waals surface area contributed by atoms with Gasteiger partial charge in [-0.3, -0.25) is 14.6 Å². The first-order valence-electron chi connectivity index (χ1n) is 9.12. The lowest BCUT2D eigenvalue weighted by Crippen LogP contribution is -2.40. The number of nitrogens with one attached hydrogen (secondary N) is 1. The highest BCUT2D eigenvalue weighted by atomic mass is 35.5. The van der Waals surface area contributed by atoms with Crippen LogP contribution in [0.3, 0.4) is 0 Å². The number of hydrogen-bond donors (Lipinski definition) is 1. The largest absolute Gasteiger partial charge is 0.417 e. The Kier molecular flexibility index (Phi) is 5.67. The SMILES string of the molecule is O=C(c1cc2ncc(C(F)(F)F)cc2[nH]1)c1c(Cl)ccc(C(=O)N2CCOCC2)c1Cl. The highest BCUT2D eigenvalue weighted by Crippen LogP contribution is 2.33. The third-order valence-electron chi connectivity index (χ3n) is 4.89. The van der Waals surface area contributed by atoms with Crippen LogP contribution in [0.15, 0.2) is 30.5 Å². The molecule has 162 valence electrons. The number of ketones is 1. The third kappa shape index (κ3) is 4.13. The van der Waals surface area contributed by atoms with Crippen molar-refractivity contribution in [3.05, 3.63) is 62.9 Å². The number of halogens is 5. The molecule has 31 heavy (non-hydrogen) atoms. The van der Waals surface area contributed by atoms with E-state index in [4.69, 9.17) is 27.9 Å². The molecule has 1 aliphatic rings. The molecule has 1 fully saturated rings. The Labute approximate surface area is 183 Å². The van der Waals surface area contributed by atoms with Crippen LogP contribution < -0.4 is 0 Å². The van der Waals surface area contributed by atoms with Crippen molar-refractivity contribution in [2.24, 2.45) is 0 Å². The molecular formula is C20H14Cl2F3N3O3. The van der Waals surface area contributed by atoms with E-state index in [2.05, 4.69) is 9.97 Å². The van der Waals surface area contributed by atoms with Gasteiger partial charge in [-0.25, -0.2) is 0 Å². The first kappa shape index (κ1) is 21.6. The summed E-state index contributed by atoms with van der Waals surface area (Å²) >= 11 is 12.6. The van der Waals surface area contributed by atoms with Gasteiger partial charge in [0.25, 0.3) is 5.91 Å². The number of morpholine rings is 1. The number of fused-ring (bicyclic) bond motifs is 1. The molecule has 2 aromatic heterocycles. The smallest absolute Gasteiger partial charge is 0.378 e. The van der Waals surface area contributed by atoms with E-state index in [0.29, 0.717) is 32.5 Å². The van der Waals surface area contributed by atoms with Crippen molar-refractivity contribution in [3.8, 4) is 0 Å². The molecular weight excluding hydrogens is 458 g/mol. The van der Waals surface area contributed by atoms with Crippen molar-refractivity contribution in [2.45, 2.75) is 6.18 Å². The Balaban J connectivity index is 1.72. The van der Waals surface area contributed by atoms with Gasteiger partial charge in [-0.2, -0.15) is 13.2 Å². The Hall–Kier alpha value is -2.62. The minimum Gasteiger partial charge on any atom is -0.378 e. The molecule has 3 heterocycles. The second kappa shape index (κ2) is 8.14. The number of nitrogens with zero attached hydrogens (tertiary/aromatic N) is 2. The van der Waals surface area contributed by atoms with Gasteiger partial charge in [-0.05, 0) is 24.3 Å². The van der Waals surface area contributed by atoms with Crippen LogP contribution >= 0.6 is 23.2 Å². The van der Waals surface area contributed by atoms with E-state index in [1.807, 2.05) is 0 Å². The Morgan fingerprint density at radius 2 is 1.84 bits per heavy atom. The van der Waals surface area contributed by atoms with E-state index in [0.717, 1.165) is 6.07 Å². The monoisotopic (exact) mass is 471 g/mol. The van der Waals surface area contributed by atoms with Crippen LogP contribution in [0.25, 0.3) is 11.0 Å². The molecule has 0 atom stereocenters. The van der Waals surface area contributed by atoms with Crippen LogP contribution in [0.5, 0.6) is 0 Å². The molecule has 6 nitrogen and oxygen atoms in total. The summed E-state index contributed by atoms with van der Waals surface area (Å²) in [6.07, 6.45) is -3.89. The zero-order valence-corrected chi connectivity index (χ0v) is 17.2. The number of amides is 1. The average Bonchev–Trinajstić information content (AvgIpc) is 3.17. The lowest BCUT2D eigenvalue weighted by atomic mass is 10.0. The van der Waals surface area contributed by atoms with Crippen molar-refractivity contribution in [1.29, 1.82) is 0 Å². The van der Waals surface area contributed by atoms with Crippen LogP contribution in [0.1, 0.15) is 32.0 Å². The molecule has 1 amide bonds. The van der Waals surface area contributed by atoms with Gasteiger partial charge in [0.1, 0.15) is 0 Å². The molecule has 1 aliphatic heterocycles. The number of H-pyrrole nitrogens is 1. The number of ether oxygens (including phenoxy) is 1. The fourth-order valence-electron chi connectivity index (χ4n) is 3.28. The lowest BCUT2D eigenvalue weighted by Gasteiger charge is -2.27. The summed E-state index contributed by atoms with van der Waals surface area (Å²) in [5, 5.41) is -0.118. The maximum Gasteiger partial charge on any atom is 0.417 e. The minimum atomic E-state index is -4.57. The van der Waals surface area contributed by atoms with E-state index in [1.54, 1.807) is 4.90 Å². The first-order valence-corrected chi connectivity index (χ1v) is 9.88. The number of carbonyl (C=O) groups is 2. The van der Waals surface area contributed by atoms with E-state index in [-0.39, 0.29) is 43.8 Å². The Bertz CT molecular complexity index is 1190. The molecule has 3 aromatic rings. The third-order valence-corrected chi connectivity index (χ3v) is 5.60. The van der Waals surface area contributed by atoms with Gasteiger partial charge >= 0.3 is 6.18 Å². The van der Waals surface area contributed by atoms with E-state index in [9.17, 15) is 22.8 Å². The van der Waals surface area contributed by atoms with Gasteiger partial charge in [0.05, 0.1) is 56.7 Å². The number of aromatic amines is 1. The Morgan fingerprint density at radius 3 is 2.52 bits per heavy atom. The molecule has 0 unspecified atom stereocenters. The summed E-state index contributed by atoms with van der Waals surface area (Å²) < 4.78 is 44.0. The number of benzene rings is 1. The molecule has 1 aromatic carbocycles. The second-order valence-corrected chi connectivity index (χ2v) is 7.64. The van der Waals surface area contributed by atoms with Gasteiger partial charge in [-0.1, -0.05) is 23.2 Å². The first-order chi connectivity index (χ1) is 14.7. The van der Waals surface area contributed by atoms with Crippen LogP contribution in [-0.4, -0.2) is 52.9 Å². The van der Waals surface area contributed by atoms with Gasteiger partial charge in [-0.15, -0.1) is 0 Å². The molecule has 11 heteroatoms. The normalized spacial score (nSPS) is 14.8. The number of carbonyl (C=O) groups excluding carboxylic acids is 2. The summed E-state index contributed by atoms with van der Waals surface area (Å²) in [5.41, 5.74) is -0.818. The van der Waals surface area contributed by atoms with E-state index in [1.165, 1.54) is 18.2 Å². The fraction of sp³-hybridized carbons (Fsp3) is 0.250. The van der Waals surface area contributed by atoms with Crippen molar-refractivity contribution in [2.75, 3.05) is 26.3 Å². The highest BCUT2D eigenvalue weighted by molar-refractivity contribution is 6.42. The summed E-state index contributed by atoms with van der Waals surface area (Å²) in [7, 11) is 0. The maximum atomic E-state index is 13.1. The van der Waals surface area contributed by atoms with Gasteiger partial charge < -0.3 is 14.6 Å². The summed E-state index contributed by atoms with van der Waals surface area (Å²) in [5.74, 6) is -1.04. The number of pyridine rings is 1. The van der Waals surface area contributed by atoms with E-state index < -0.39 is 17.5 Å². The zero-order valence-electron chi connectivity index (χ0n) is 15.7. The molecule has 4 rings (SSSR count). The lowest BCUT2D eigenvalue weighted by molar-refractivity contribution is -0.137. The predicted octanol–water partition coefficient (Wildman–Crippen LogP) is 4.59. The summed E-state index contributed by atoms with van der Waals surface area (Å²) in [4.78, 5) is 33.9. The van der Waals surface area contributed by atoms with Gasteiger partial charge in [0.2, 0.25) is 5.78 Å². The van der Waals surface area contributed by atoms with Crippen LogP contribution in [-0.2, 0) is 10.9 Å². The van der Waals surface area contributed by atoms with Gasteiger partial charge in [0.15, 0.2) is 0 Å². The number of aromatic nitrogens is 2. The van der Waals surface area contributed by atoms with Crippen LogP contribution in [0, 0.1) is 0 Å². The summed E-state index contributed by atoms with van der Waals surface area (Å²) in [6.45, 7) is 1.56. The van der Waals surface area contributed by atoms with Crippen molar-refractivity contribution < 1.29 is 27.5 Å². The highest BCUT2D eigenvalue weighted by Gasteiger charge is 2.32.